The van der Waals surface area contributed by atoms with Crippen molar-refractivity contribution in [1.82, 2.24) is 20.4 Å². The first-order valence-electron chi connectivity index (χ1n) is 8.30. The summed E-state index contributed by atoms with van der Waals surface area (Å²) in [4.78, 5) is 12.9. The molecule has 2 fully saturated rings. The second kappa shape index (κ2) is 6.60. The van der Waals surface area contributed by atoms with Crippen molar-refractivity contribution in [2.45, 2.75) is 50.5 Å². The highest BCUT2D eigenvalue weighted by atomic mass is 16.2. The van der Waals surface area contributed by atoms with Gasteiger partial charge in [0.1, 0.15) is 5.54 Å². The third kappa shape index (κ3) is 3.12. The highest BCUT2D eigenvalue weighted by Gasteiger charge is 2.41. The van der Waals surface area contributed by atoms with Gasteiger partial charge in [0, 0.05) is 18.9 Å². The average molecular weight is 290 g/mol. The van der Waals surface area contributed by atoms with E-state index in [0.29, 0.717) is 5.92 Å². The van der Waals surface area contributed by atoms with Crippen molar-refractivity contribution in [1.29, 1.82) is 0 Å². The third-order valence-corrected chi connectivity index (χ3v) is 5.07. The van der Waals surface area contributed by atoms with Crippen LogP contribution in [0.5, 0.6) is 0 Å². The van der Waals surface area contributed by atoms with E-state index < -0.39 is 5.54 Å². The second-order valence-corrected chi connectivity index (χ2v) is 6.45. The number of nitrogens with one attached hydrogen (secondary N) is 2. The lowest BCUT2D eigenvalue weighted by atomic mass is 9.86. The molecule has 1 saturated heterocycles. The highest BCUT2D eigenvalue weighted by molar-refractivity contribution is 5.84. The lowest BCUT2D eigenvalue weighted by molar-refractivity contribution is -0.132. The summed E-state index contributed by atoms with van der Waals surface area (Å²) in [7, 11) is 0. The van der Waals surface area contributed by atoms with Crippen molar-refractivity contribution >= 4 is 5.91 Å². The lowest BCUT2D eigenvalue weighted by Gasteiger charge is -2.37. The van der Waals surface area contributed by atoms with Crippen LogP contribution in [0.15, 0.2) is 18.5 Å². The number of nitrogens with zero attached hydrogens (tertiary/aromatic N) is 2. The van der Waals surface area contributed by atoms with Crippen LogP contribution in [0.25, 0.3) is 0 Å². The zero-order valence-electron chi connectivity index (χ0n) is 12.7. The van der Waals surface area contributed by atoms with Gasteiger partial charge >= 0.3 is 0 Å². The molecule has 0 bridgehead atoms. The Morgan fingerprint density at radius 1 is 1.29 bits per heavy atom. The van der Waals surface area contributed by atoms with E-state index in [1.54, 1.807) is 6.20 Å². The summed E-state index contributed by atoms with van der Waals surface area (Å²) < 4.78 is 1.87. The Kier molecular flexibility index (Phi) is 4.58. The predicted molar refractivity (Wildman–Crippen MR) is 81.9 cm³/mol. The van der Waals surface area contributed by atoms with E-state index in [1.807, 2.05) is 16.9 Å². The van der Waals surface area contributed by atoms with Gasteiger partial charge in [-0.15, -0.1) is 0 Å². The van der Waals surface area contributed by atoms with Gasteiger partial charge in [-0.3, -0.25) is 9.48 Å². The minimum absolute atomic E-state index is 0.151. The molecule has 1 aromatic heterocycles. The maximum absolute atomic E-state index is 12.9. The minimum atomic E-state index is -0.497. The third-order valence-electron chi connectivity index (χ3n) is 5.07. The molecule has 1 aliphatic carbocycles. The average Bonchev–Trinajstić information content (AvgIpc) is 3.09. The normalized spacial score (nSPS) is 22.9. The van der Waals surface area contributed by atoms with Crippen molar-refractivity contribution in [3.05, 3.63) is 18.5 Å². The molecule has 0 atom stereocenters. The molecule has 1 aliphatic heterocycles. The molecule has 2 N–H and O–H groups in total. The maximum Gasteiger partial charge on any atom is 0.248 e. The fraction of sp³-hybridized carbons (Fsp3) is 0.750. The fourth-order valence-electron chi connectivity index (χ4n) is 3.72. The van der Waals surface area contributed by atoms with E-state index in [0.717, 1.165) is 32.5 Å². The molecule has 2 aliphatic rings. The summed E-state index contributed by atoms with van der Waals surface area (Å²) in [5.41, 5.74) is -0.497. The molecule has 1 aromatic rings. The van der Waals surface area contributed by atoms with Gasteiger partial charge in [0.15, 0.2) is 0 Å². The van der Waals surface area contributed by atoms with Gasteiger partial charge in [-0.05, 0) is 50.8 Å². The lowest BCUT2D eigenvalue weighted by Crippen LogP contribution is -2.55. The molecule has 0 aromatic carbocycles. The topological polar surface area (TPSA) is 59.0 Å². The summed E-state index contributed by atoms with van der Waals surface area (Å²) in [6.45, 7) is 2.57. The second-order valence-electron chi connectivity index (χ2n) is 6.45. The van der Waals surface area contributed by atoms with E-state index in [1.165, 1.54) is 32.1 Å². The molecule has 5 heteroatoms. The van der Waals surface area contributed by atoms with Crippen LogP contribution in [-0.2, 0) is 10.3 Å². The number of rotatable bonds is 4. The first-order chi connectivity index (χ1) is 10.3. The molecule has 0 spiro atoms. The zero-order chi connectivity index (χ0) is 14.5. The van der Waals surface area contributed by atoms with Gasteiger partial charge < -0.3 is 10.6 Å². The van der Waals surface area contributed by atoms with Gasteiger partial charge in [-0.25, -0.2) is 0 Å². The van der Waals surface area contributed by atoms with Crippen LogP contribution in [0, 0.1) is 5.92 Å². The van der Waals surface area contributed by atoms with Crippen LogP contribution in [-0.4, -0.2) is 35.3 Å². The standard InChI is InChI=1S/C16H26N4O/c21-15(18-13-14-5-2-1-3-6-14)16(7-10-17-11-8-16)20-12-4-9-19-20/h4,9,12,14,17H,1-3,5-8,10-11,13H2,(H,18,21). The van der Waals surface area contributed by atoms with Gasteiger partial charge in [-0.2, -0.15) is 5.10 Å². The number of carbonyl (C=O) groups is 1. The number of aromatic nitrogens is 2. The fourth-order valence-corrected chi connectivity index (χ4v) is 3.72. The molecule has 1 amide bonds. The zero-order valence-corrected chi connectivity index (χ0v) is 12.7. The minimum Gasteiger partial charge on any atom is -0.354 e. The first kappa shape index (κ1) is 14.6. The molecule has 1 saturated carbocycles. The molecule has 2 heterocycles. The molecule has 21 heavy (non-hydrogen) atoms. The monoisotopic (exact) mass is 290 g/mol. The molecular formula is C16H26N4O. The summed E-state index contributed by atoms with van der Waals surface area (Å²) >= 11 is 0. The first-order valence-corrected chi connectivity index (χ1v) is 8.30. The van der Waals surface area contributed by atoms with Gasteiger partial charge in [0.25, 0.3) is 0 Å². The molecule has 5 nitrogen and oxygen atoms in total. The predicted octanol–water partition coefficient (Wildman–Crippen LogP) is 1.66. The van der Waals surface area contributed by atoms with Crippen molar-refractivity contribution in [3.8, 4) is 0 Å². The molecule has 116 valence electrons. The number of carbonyl (C=O) groups excluding carboxylic acids is 1. The maximum atomic E-state index is 12.9. The number of piperidine rings is 1. The van der Waals surface area contributed by atoms with Gasteiger partial charge in [0.05, 0.1) is 0 Å². The van der Waals surface area contributed by atoms with Crippen molar-refractivity contribution in [2.24, 2.45) is 5.92 Å². The Bertz CT molecular complexity index is 445. The summed E-state index contributed by atoms with van der Waals surface area (Å²) in [6.07, 6.45) is 11.8. The van der Waals surface area contributed by atoms with Crippen LogP contribution in [0.2, 0.25) is 0 Å². The van der Waals surface area contributed by atoms with Crippen LogP contribution in [0.1, 0.15) is 44.9 Å². The Morgan fingerprint density at radius 2 is 2.05 bits per heavy atom. The number of amides is 1. The van der Waals surface area contributed by atoms with Gasteiger partial charge in [-0.1, -0.05) is 19.3 Å². The van der Waals surface area contributed by atoms with Crippen molar-refractivity contribution in [2.75, 3.05) is 19.6 Å². The van der Waals surface area contributed by atoms with Crippen LogP contribution >= 0.6 is 0 Å². The number of hydrogen-bond acceptors (Lipinski definition) is 3. The van der Waals surface area contributed by atoms with Crippen LogP contribution < -0.4 is 10.6 Å². The van der Waals surface area contributed by atoms with E-state index in [2.05, 4.69) is 15.7 Å². The van der Waals surface area contributed by atoms with Crippen LogP contribution in [0.3, 0.4) is 0 Å². The summed E-state index contributed by atoms with van der Waals surface area (Å²) in [6, 6.07) is 1.90. The molecule has 0 unspecified atom stereocenters. The van der Waals surface area contributed by atoms with Crippen LogP contribution in [0.4, 0.5) is 0 Å². The quantitative estimate of drug-likeness (QED) is 0.886. The Balaban J connectivity index is 1.66. The largest absolute Gasteiger partial charge is 0.354 e. The summed E-state index contributed by atoms with van der Waals surface area (Å²) in [5, 5.41) is 10.9. The van der Waals surface area contributed by atoms with E-state index in [4.69, 9.17) is 0 Å². The number of hydrogen-bond donors (Lipinski definition) is 2. The Labute approximate surface area is 126 Å². The molecule has 3 rings (SSSR count). The summed E-state index contributed by atoms with van der Waals surface area (Å²) in [5.74, 6) is 0.817. The molecular weight excluding hydrogens is 264 g/mol. The Morgan fingerprint density at radius 3 is 2.71 bits per heavy atom. The highest BCUT2D eigenvalue weighted by Crippen LogP contribution is 2.28. The van der Waals surface area contributed by atoms with E-state index >= 15 is 0 Å². The SMILES string of the molecule is O=C(NCC1CCCCC1)C1(n2cccn2)CCNCC1. The van der Waals surface area contributed by atoms with E-state index in [-0.39, 0.29) is 5.91 Å². The molecule has 0 radical (unpaired) electrons. The van der Waals surface area contributed by atoms with Crippen molar-refractivity contribution < 1.29 is 4.79 Å². The van der Waals surface area contributed by atoms with Gasteiger partial charge in [0.2, 0.25) is 5.91 Å². The van der Waals surface area contributed by atoms with Crippen molar-refractivity contribution in [3.63, 3.8) is 0 Å². The Hall–Kier alpha value is -1.36. The van der Waals surface area contributed by atoms with E-state index in [9.17, 15) is 4.79 Å². The smallest absolute Gasteiger partial charge is 0.248 e.